The summed E-state index contributed by atoms with van der Waals surface area (Å²) in [7, 11) is 1.87. The Balaban J connectivity index is 2.32. The lowest BCUT2D eigenvalue weighted by Crippen LogP contribution is -1.97. The van der Waals surface area contributed by atoms with Crippen molar-refractivity contribution in [2.45, 2.75) is 6.54 Å². The van der Waals surface area contributed by atoms with Gasteiger partial charge in [0.2, 0.25) is 0 Å². The van der Waals surface area contributed by atoms with Gasteiger partial charge in [0.25, 0.3) is 0 Å². The molecule has 0 radical (unpaired) electrons. The molecule has 0 aliphatic rings. The first kappa shape index (κ1) is 11.8. The normalized spacial score (nSPS) is 11.1. The van der Waals surface area contributed by atoms with Gasteiger partial charge in [0.1, 0.15) is 5.82 Å². The zero-order valence-electron chi connectivity index (χ0n) is 10.5. The highest BCUT2D eigenvalue weighted by molar-refractivity contribution is 5.83. The Labute approximate surface area is 109 Å². The van der Waals surface area contributed by atoms with E-state index in [2.05, 4.69) is 9.97 Å². The topological polar surface area (TPSA) is 56.7 Å². The fourth-order valence-corrected chi connectivity index (χ4v) is 2.23. The van der Waals surface area contributed by atoms with E-state index in [9.17, 15) is 4.39 Å². The number of aromatic nitrogens is 3. The molecule has 96 valence electrons. The van der Waals surface area contributed by atoms with Crippen molar-refractivity contribution >= 4 is 11.0 Å². The van der Waals surface area contributed by atoms with Crippen LogP contribution in [0, 0.1) is 5.82 Å². The number of benzene rings is 1. The summed E-state index contributed by atoms with van der Waals surface area (Å²) in [4.78, 5) is 8.29. The number of hydrogen-bond acceptors (Lipinski definition) is 3. The highest BCUT2D eigenvalue weighted by Crippen LogP contribution is 2.26. The Morgan fingerprint density at radius 1 is 1.32 bits per heavy atom. The van der Waals surface area contributed by atoms with E-state index in [0.717, 1.165) is 16.6 Å². The Morgan fingerprint density at radius 2 is 2.16 bits per heavy atom. The second-order valence-electron chi connectivity index (χ2n) is 4.34. The van der Waals surface area contributed by atoms with Gasteiger partial charge in [0, 0.05) is 19.8 Å². The van der Waals surface area contributed by atoms with E-state index in [1.54, 1.807) is 12.3 Å². The highest BCUT2D eigenvalue weighted by Gasteiger charge is 2.14. The van der Waals surface area contributed by atoms with Gasteiger partial charge in [-0.1, -0.05) is 12.1 Å². The summed E-state index contributed by atoms with van der Waals surface area (Å²) in [6.45, 7) is 0.409. The standard InChI is InChI=1S/C14H13FN4/c1-19-12-4-2-3-9(7-16)13(12)18-14(19)10-5-6-17-8-11(10)15/h2-6,8H,7,16H2,1H3. The van der Waals surface area contributed by atoms with E-state index < -0.39 is 0 Å². The number of rotatable bonds is 2. The molecule has 0 bridgehead atoms. The molecule has 0 fully saturated rings. The van der Waals surface area contributed by atoms with Crippen LogP contribution in [0.25, 0.3) is 22.4 Å². The molecule has 0 spiro atoms. The molecule has 0 aliphatic carbocycles. The molecule has 3 rings (SSSR count). The average molecular weight is 256 g/mol. The van der Waals surface area contributed by atoms with E-state index in [-0.39, 0.29) is 5.82 Å². The summed E-state index contributed by atoms with van der Waals surface area (Å²) < 4.78 is 15.7. The molecule has 3 aromatic rings. The maximum Gasteiger partial charge on any atom is 0.152 e. The summed E-state index contributed by atoms with van der Waals surface area (Å²) in [5.74, 6) is 0.200. The van der Waals surface area contributed by atoms with Crippen LogP contribution >= 0.6 is 0 Å². The molecule has 19 heavy (non-hydrogen) atoms. The SMILES string of the molecule is Cn1c(-c2ccncc2F)nc2c(CN)cccc21. The number of imidazole rings is 1. The monoisotopic (exact) mass is 256 g/mol. The molecule has 5 heteroatoms. The number of nitrogens with zero attached hydrogens (tertiary/aromatic N) is 3. The summed E-state index contributed by atoms with van der Waals surface area (Å²) in [5, 5.41) is 0. The minimum Gasteiger partial charge on any atom is -0.327 e. The Morgan fingerprint density at radius 3 is 2.89 bits per heavy atom. The third-order valence-corrected chi connectivity index (χ3v) is 3.23. The number of para-hydroxylation sites is 1. The zero-order chi connectivity index (χ0) is 13.4. The molecule has 0 saturated carbocycles. The summed E-state index contributed by atoms with van der Waals surface area (Å²) in [5.41, 5.74) is 8.86. The van der Waals surface area contributed by atoms with E-state index >= 15 is 0 Å². The first-order valence-electron chi connectivity index (χ1n) is 5.96. The van der Waals surface area contributed by atoms with Crippen LogP contribution in [0.4, 0.5) is 4.39 Å². The number of nitrogens with two attached hydrogens (primary N) is 1. The number of hydrogen-bond donors (Lipinski definition) is 1. The van der Waals surface area contributed by atoms with Crippen LogP contribution < -0.4 is 5.73 Å². The van der Waals surface area contributed by atoms with Crippen LogP contribution in [0.5, 0.6) is 0 Å². The van der Waals surface area contributed by atoms with Crippen LogP contribution in [0.1, 0.15) is 5.56 Å². The molecule has 1 aromatic carbocycles. The quantitative estimate of drug-likeness (QED) is 0.765. The van der Waals surface area contributed by atoms with Gasteiger partial charge in [-0.05, 0) is 17.7 Å². The smallest absolute Gasteiger partial charge is 0.152 e. The lowest BCUT2D eigenvalue weighted by atomic mass is 10.2. The van der Waals surface area contributed by atoms with Crippen molar-refractivity contribution in [1.29, 1.82) is 0 Å². The van der Waals surface area contributed by atoms with Crippen LogP contribution in [0.3, 0.4) is 0 Å². The average Bonchev–Trinajstić information content (AvgIpc) is 2.77. The van der Waals surface area contributed by atoms with Gasteiger partial charge in [0.15, 0.2) is 5.82 Å². The molecule has 2 aromatic heterocycles. The zero-order valence-corrected chi connectivity index (χ0v) is 10.5. The second-order valence-corrected chi connectivity index (χ2v) is 4.34. The number of fused-ring (bicyclic) bond motifs is 1. The van der Waals surface area contributed by atoms with E-state index in [4.69, 9.17) is 5.73 Å². The van der Waals surface area contributed by atoms with Crippen molar-refractivity contribution in [2.24, 2.45) is 12.8 Å². The third kappa shape index (κ3) is 1.79. The molecule has 2 heterocycles. The summed E-state index contributed by atoms with van der Waals surface area (Å²) in [6, 6.07) is 7.43. The number of pyridine rings is 1. The fraction of sp³-hybridized carbons (Fsp3) is 0.143. The second kappa shape index (κ2) is 4.44. The third-order valence-electron chi connectivity index (χ3n) is 3.23. The Kier molecular flexibility index (Phi) is 2.76. The predicted molar refractivity (Wildman–Crippen MR) is 71.8 cm³/mol. The largest absolute Gasteiger partial charge is 0.327 e. The van der Waals surface area contributed by atoms with Crippen LogP contribution in [-0.4, -0.2) is 14.5 Å². The van der Waals surface area contributed by atoms with Gasteiger partial charge in [-0.15, -0.1) is 0 Å². The van der Waals surface area contributed by atoms with Gasteiger partial charge in [0.05, 0.1) is 22.8 Å². The molecule has 2 N–H and O–H groups in total. The van der Waals surface area contributed by atoms with Crippen LogP contribution in [0.2, 0.25) is 0 Å². The van der Waals surface area contributed by atoms with Crippen LogP contribution in [0.15, 0.2) is 36.7 Å². The molecule has 0 amide bonds. The van der Waals surface area contributed by atoms with E-state index in [0.29, 0.717) is 17.9 Å². The summed E-state index contributed by atoms with van der Waals surface area (Å²) in [6.07, 6.45) is 2.75. The first-order valence-corrected chi connectivity index (χ1v) is 5.96. The van der Waals surface area contributed by atoms with Gasteiger partial charge in [-0.3, -0.25) is 4.98 Å². The molecule has 0 unspecified atom stereocenters. The van der Waals surface area contributed by atoms with Gasteiger partial charge in [-0.25, -0.2) is 9.37 Å². The predicted octanol–water partition coefficient (Wildman–Crippen LogP) is 2.23. The minimum atomic E-state index is -0.379. The van der Waals surface area contributed by atoms with Crippen molar-refractivity contribution in [3.8, 4) is 11.4 Å². The van der Waals surface area contributed by atoms with Crippen LogP contribution in [-0.2, 0) is 13.6 Å². The van der Waals surface area contributed by atoms with Crippen molar-refractivity contribution in [1.82, 2.24) is 14.5 Å². The van der Waals surface area contributed by atoms with E-state index in [1.807, 2.05) is 29.8 Å². The molecule has 4 nitrogen and oxygen atoms in total. The Bertz CT molecular complexity index is 748. The van der Waals surface area contributed by atoms with Gasteiger partial charge < -0.3 is 10.3 Å². The van der Waals surface area contributed by atoms with Crippen molar-refractivity contribution in [3.63, 3.8) is 0 Å². The highest BCUT2D eigenvalue weighted by atomic mass is 19.1. The molecular formula is C14H13FN4. The maximum absolute atomic E-state index is 13.8. The molecule has 0 atom stereocenters. The number of aryl methyl sites for hydroxylation is 1. The lowest BCUT2D eigenvalue weighted by Gasteiger charge is -2.03. The maximum atomic E-state index is 13.8. The minimum absolute atomic E-state index is 0.379. The molecular weight excluding hydrogens is 243 g/mol. The fourth-order valence-electron chi connectivity index (χ4n) is 2.23. The van der Waals surface area contributed by atoms with Crippen molar-refractivity contribution < 1.29 is 4.39 Å². The lowest BCUT2D eigenvalue weighted by molar-refractivity contribution is 0.622. The molecule has 0 saturated heterocycles. The Hall–Kier alpha value is -2.27. The van der Waals surface area contributed by atoms with Crippen molar-refractivity contribution in [3.05, 3.63) is 48.0 Å². The number of halogens is 1. The summed E-state index contributed by atoms with van der Waals surface area (Å²) >= 11 is 0. The van der Waals surface area contributed by atoms with Crippen molar-refractivity contribution in [2.75, 3.05) is 0 Å². The van der Waals surface area contributed by atoms with E-state index in [1.165, 1.54) is 6.20 Å². The first-order chi connectivity index (χ1) is 9.22. The molecule has 0 aliphatic heterocycles. The van der Waals surface area contributed by atoms with Gasteiger partial charge >= 0.3 is 0 Å². The van der Waals surface area contributed by atoms with Gasteiger partial charge in [-0.2, -0.15) is 0 Å².